The van der Waals surface area contributed by atoms with Crippen LogP contribution < -0.4 is 10.1 Å². The lowest BCUT2D eigenvalue weighted by Gasteiger charge is -2.06. The molecule has 0 aliphatic rings. The minimum atomic E-state index is -0.469. The summed E-state index contributed by atoms with van der Waals surface area (Å²) >= 11 is 2.65. The third-order valence-electron chi connectivity index (χ3n) is 3.14. The zero-order valence-corrected chi connectivity index (χ0v) is 15.7. The maximum absolute atomic E-state index is 13.4. The van der Waals surface area contributed by atoms with Crippen LogP contribution >= 0.6 is 23.1 Å². The number of benzene rings is 1. The first kappa shape index (κ1) is 19.6. The van der Waals surface area contributed by atoms with Crippen molar-refractivity contribution in [3.05, 3.63) is 29.6 Å². The molecule has 0 fully saturated rings. The molecule has 1 N–H and O–H groups in total. The monoisotopic (exact) mass is 385 g/mol. The average molecular weight is 385 g/mol. The van der Waals surface area contributed by atoms with E-state index in [4.69, 9.17) is 9.47 Å². The van der Waals surface area contributed by atoms with Gasteiger partial charge in [0, 0.05) is 19.8 Å². The summed E-state index contributed by atoms with van der Waals surface area (Å²) in [4.78, 5) is 12.3. The van der Waals surface area contributed by atoms with E-state index in [0.717, 1.165) is 13.0 Å². The quantitative estimate of drug-likeness (QED) is 0.360. The van der Waals surface area contributed by atoms with Crippen LogP contribution in [0.15, 0.2) is 22.5 Å². The first-order chi connectivity index (χ1) is 12.1. The number of hydrogen-bond acceptors (Lipinski definition) is 8. The fourth-order valence-electron chi connectivity index (χ4n) is 1.96. The molecule has 6 nitrogen and oxygen atoms in total. The van der Waals surface area contributed by atoms with Crippen LogP contribution in [0.2, 0.25) is 0 Å². The van der Waals surface area contributed by atoms with Gasteiger partial charge in [0.15, 0.2) is 10.1 Å². The molecule has 9 heteroatoms. The van der Waals surface area contributed by atoms with Crippen LogP contribution in [0.4, 0.5) is 9.52 Å². The van der Waals surface area contributed by atoms with E-state index in [9.17, 15) is 9.18 Å². The number of ether oxygens (including phenoxy) is 2. The highest BCUT2D eigenvalue weighted by Gasteiger charge is 2.15. The minimum Gasteiger partial charge on any atom is -0.496 e. The number of carbonyl (C=O) groups excluding carboxylic acids is 1. The molecule has 0 atom stereocenters. The van der Waals surface area contributed by atoms with E-state index >= 15 is 0 Å². The third kappa shape index (κ3) is 6.26. The Morgan fingerprint density at radius 1 is 1.40 bits per heavy atom. The van der Waals surface area contributed by atoms with Crippen LogP contribution in [0.3, 0.4) is 0 Å². The number of hydrogen-bond donors (Lipinski definition) is 1. The van der Waals surface area contributed by atoms with Crippen molar-refractivity contribution in [3.8, 4) is 5.75 Å². The Hall–Kier alpha value is -1.71. The molecule has 0 saturated heterocycles. The van der Waals surface area contributed by atoms with Crippen LogP contribution in [-0.2, 0) is 4.74 Å². The molecule has 0 spiro atoms. The lowest BCUT2D eigenvalue weighted by molar-refractivity contribution is 0.101. The van der Waals surface area contributed by atoms with Crippen LogP contribution in [0.1, 0.15) is 23.7 Å². The zero-order chi connectivity index (χ0) is 18.1. The van der Waals surface area contributed by atoms with Crippen molar-refractivity contribution in [3.63, 3.8) is 0 Å². The molecule has 2 rings (SSSR count). The van der Waals surface area contributed by atoms with Gasteiger partial charge in [-0.1, -0.05) is 23.1 Å². The molecular formula is C16H20FN3O3S2. The molecule has 0 bridgehead atoms. The second-order valence-corrected chi connectivity index (χ2v) is 7.11. The highest BCUT2D eigenvalue weighted by atomic mass is 32.2. The minimum absolute atomic E-state index is 0.138. The van der Waals surface area contributed by atoms with E-state index in [1.165, 1.54) is 48.4 Å². The Morgan fingerprint density at radius 3 is 3.00 bits per heavy atom. The number of nitrogens with zero attached hydrogens (tertiary/aromatic N) is 2. The molecule has 1 heterocycles. The molecule has 0 amide bonds. The molecule has 136 valence electrons. The number of thioether (sulfide) groups is 1. The maximum Gasteiger partial charge on any atom is 0.206 e. The van der Waals surface area contributed by atoms with Gasteiger partial charge in [-0.3, -0.25) is 4.79 Å². The number of Topliss-reactive ketones (excluding diaryl/α,β-unsaturated/α-hetero) is 1. The van der Waals surface area contributed by atoms with Gasteiger partial charge >= 0.3 is 0 Å². The van der Waals surface area contributed by atoms with Crippen molar-refractivity contribution < 1.29 is 18.7 Å². The van der Waals surface area contributed by atoms with Crippen molar-refractivity contribution in [2.75, 3.05) is 37.9 Å². The Kier molecular flexibility index (Phi) is 8.10. The molecule has 0 aliphatic carbocycles. The van der Waals surface area contributed by atoms with Gasteiger partial charge in [-0.15, -0.1) is 10.2 Å². The smallest absolute Gasteiger partial charge is 0.206 e. The van der Waals surface area contributed by atoms with Gasteiger partial charge in [-0.2, -0.15) is 0 Å². The molecule has 1 aromatic carbocycles. The number of ketones is 1. The molecule has 0 radical (unpaired) electrons. The highest BCUT2D eigenvalue weighted by molar-refractivity contribution is 8.01. The van der Waals surface area contributed by atoms with Crippen molar-refractivity contribution in [1.82, 2.24) is 10.2 Å². The largest absolute Gasteiger partial charge is 0.496 e. The second kappa shape index (κ2) is 10.3. The van der Waals surface area contributed by atoms with Crippen LogP contribution in [0.25, 0.3) is 0 Å². The summed E-state index contributed by atoms with van der Waals surface area (Å²) in [5.74, 6) is -0.189. The van der Waals surface area contributed by atoms with E-state index in [1.807, 2.05) is 6.92 Å². The van der Waals surface area contributed by atoms with E-state index in [2.05, 4.69) is 15.5 Å². The molecule has 0 saturated carbocycles. The van der Waals surface area contributed by atoms with Gasteiger partial charge in [0.1, 0.15) is 11.6 Å². The standard InChI is InChI=1S/C16H20FN3O3S2/c1-3-23-8-4-7-18-15-19-20-16(25-15)24-10-13(21)12-9-11(17)5-6-14(12)22-2/h5-6,9H,3-4,7-8,10H2,1-2H3,(H,18,19). The fourth-order valence-corrected chi connectivity index (χ4v) is 3.62. The number of methoxy groups -OCH3 is 1. The summed E-state index contributed by atoms with van der Waals surface area (Å²) in [6, 6.07) is 3.90. The van der Waals surface area contributed by atoms with Gasteiger partial charge in [0.25, 0.3) is 0 Å². The normalized spacial score (nSPS) is 10.7. The van der Waals surface area contributed by atoms with Gasteiger partial charge in [0.05, 0.1) is 18.4 Å². The van der Waals surface area contributed by atoms with E-state index in [0.29, 0.717) is 28.4 Å². The van der Waals surface area contributed by atoms with Crippen molar-refractivity contribution in [2.24, 2.45) is 0 Å². The van der Waals surface area contributed by atoms with Gasteiger partial charge in [0.2, 0.25) is 5.13 Å². The Balaban J connectivity index is 1.83. The number of nitrogens with one attached hydrogen (secondary N) is 1. The first-order valence-corrected chi connectivity index (χ1v) is 9.59. The number of carbonyl (C=O) groups is 1. The Labute approximate surface area is 154 Å². The summed E-state index contributed by atoms with van der Waals surface area (Å²) in [6.07, 6.45) is 0.883. The summed E-state index contributed by atoms with van der Waals surface area (Å²) < 4.78 is 24.4. The van der Waals surface area contributed by atoms with Crippen molar-refractivity contribution in [1.29, 1.82) is 0 Å². The average Bonchev–Trinajstić information content (AvgIpc) is 3.07. The lowest BCUT2D eigenvalue weighted by Crippen LogP contribution is -2.05. The Morgan fingerprint density at radius 2 is 2.24 bits per heavy atom. The summed E-state index contributed by atoms with van der Waals surface area (Å²) in [7, 11) is 1.45. The zero-order valence-electron chi connectivity index (χ0n) is 14.1. The van der Waals surface area contributed by atoms with Crippen LogP contribution in [0.5, 0.6) is 5.75 Å². The van der Waals surface area contributed by atoms with E-state index in [-0.39, 0.29) is 17.1 Å². The molecule has 25 heavy (non-hydrogen) atoms. The Bertz CT molecular complexity index is 697. The van der Waals surface area contributed by atoms with Crippen molar-refractivity contribution >= 4 is 34.0 Å². The lowest BCUT2D eigenvalue weighted by atomic mass is 10.1. The highest BCUT2D eigenvalue weighted by Crippen LogP contribution is 2.28. The number of rotatable bonds is 11. The maximum atomic E-state index is 13.4. The second-order valence-electron chi connectivity index (χ2n) is 4.91. The molecule has 0 aliphatic heterocycles. The van der Waals surface area contributed by atoms with Crippen molar-refractivity contribution in [2.45, 2.75) is 17.7 Å². The van der Waals surface area contributed by atoms with E-state index in [1.54, 1.807) is 0 Å². The number of aromatic nitrogens is 2. The number of halogens is 1. The summed E-state index contributed by atoms with van der Waals surface area (Å²) in [6.45, 7) is 4.12. The van der Waals surface area contributed by atoms with Crippen LogP contribution in [-0.4, -0.2) is 48.6 Å². The number of anilines is 1. The van der Waals surface area contributed by atoms with E-state index < -0.39 is 5.82 Å². The van der Waals surface area contributed by atoms with Gasteiger partial charge in [-0.25, -0.2) is 4.39 Å². The SMILES string of the molecule is CCOCCCNc1nnc(SCC(=O)c2cc(F)ccc2OC)s1. The predicted molar refractivity (Wildman–Crippen MR) is 97.5 cm³/mol. The van der Waals surface area contributed by atoms with Gasteiger partial charge < -0.3 is 14.8 Å². The molecule has 2 aromatic rings. The topological polar surface area (TPSA) is 73.3 Å². The fraction of sp³-hybridized carbons (Fsp3) is 0.438. The molecule has 0 unspecified atom stereocenters. The molecule has 1 aromatic heterocycles. The summed E-state index contributed by atoms with van der Waals surface area (Å²) in [5, 5.41) is 11.9. The predicted octanol–water partition coefficient (Wildman–Crippen LogP) is 3.50. The van der Waals surface area contributed by atoms with Crippen LogP contribution in [0, 0.1) is 5.82 Å². The first-order valence-electron chi connectivity index (χ1n) is 7.78. The van der Waals surface area contributed by atoms with Gasteiger partial charge in [-0.05, 0) is 31.5 Å². The third-order valence-corrected chi connectivity index (χ3v) is 5.16. The molecular weight excluding hydrogens is 365 g/mol. The summed E-state index contributed by atoms with van der Waals surface area (Å²) in [5.41, 5.74) is 0.230.